The third kappa shape index (κ3) is 2.80. The Balaban J connectivity index is 1.44. The summed E-state index contributed by atoms with van der Waals surface area (Å²) in [6.07, 6.45) is 7.49. The highest BCUT2D eigenvalue weighted by Crippen LogP contribution is 2.23. The van der Waals surface area contributed by atoms with Crippen LogP contribution in [-0.2, 0) is 6.54 Å². The van der Waals surface area contributed by atoms with Crippen molar-refractivity contribution in [3.8, 4) is 0 Å². The van der Waals surface area contributed by atoms with Gasteiger partial charge in [-0.25, -0.2) is 4.98 Å². The molecule has 1 N–H and O–H groups in total. The molecule has 1 aliphatic rings. The van der Waals surface area contributed by atoms with Gasteiger partial charge in [0.2, 0.25) is 0 Å². The summed E-state index contributed by atoms with van der Waals surface area (Å²) in [5.74, 6) is 0.981. The average Bonchev–Trinajstić information content (AvgIpc) is 3.01. The smallest absolute Gasteiger partial charge is 0.147 e. The molecule has 1 saturated heterocycles. The first-order valence-corrected chi connectivity index (χ1v) is 8.10. The number of nitrogens with one attached hydrogen (secondary N) is 1. The van der Waals surface area contributed by atoms with Crippen LogP contribution in [0.3, 0.4) is 0 Å². The molecular formula is C18H21N5. The largest absolute Gasteiger partial charge is 0.361 e. The second kappa shape index (κ2) is 6.01. The van der Waals surface area contributed by atoms with Crippen LogP contribution in [0.5, 0.6) is 0 Å². The number of rotatable bonds is 3. The maximum atomic E-state index is 4.39. The summed E-state index contributed by atoms with van der Waals surface area (Å²) < 4.78 is 0. The monoisotopic (exact) mass is 307 g/mol. The predicted octanol–water partition coefficient (Wildman–Crippen LogP) is 2.59. The predicted molar refractivity (Wildman–Crippen MR) is 92.6 cm³/mol. The summed E-state index contributed by atoms with van der Waals surface area (Å²) in [4.78, 5) is 16.8. The lowest BCUT2D eigenvalue weighted by Crippen LogP contribution is -2.46. The number of aryl methyl sites for hydroxylation is 1. The number of H-pyrrole nitrogens is 1. The van der Waals surface area contributed by atoms with E-state index in [-0.39, 0.29) is 0 Å². The lowest BCUT2D eigenvalue weighted by molar-refractivity contribution is 0.250. The van der Waals surface area contributed by atoms with Crippen molar-refractivity contribution in [1.29, 1.82) is 0 Å². The Hall–Kier alpha value is -2.40. The number of benzene rings is 1. The van der Waals surface area contributed by atoms with E-state index in [4.69, 9.17) is 0 Å². The van der Waals surface area contributed by atoms with Crippen LogP contribution >= 0.6 is 0 Å². The molecule has 3 heterocycles. The normalized spacial score (nSPS) is 16.1. The number of nitrogens with zero attached hydrogens (tertiary/aromatic N) is 4. The van der Waals surface area contributed by atoms with Crippen LogP contribution in [0.4, 0.5) is 5.82 Å². The second-order valence-electron chi connectivity index (χ2n) is 6.14. The molecule has 0 unspecified atom stereocenters. The first-order chi connectivity index (χ1) is 11.3. The molecule has 0 bridgehead atoms. The molecule has 1 fully saturated rings. The van der Waals surface area contributed by atoms with E-state index in [0.29, 0.717) is 0 Å². The number of aromatic nitrogens is 3. The molecule has 0 atom stereocenters. The molecule has 3 aromatic rings. The van der Waals surface area contributed by atoms with E-state index in [9.17, 15) is 0 Å². The highest BCUT2D eigenvalue weighted by Gasteiger charge is 2.19. The minimum absolute atomic E-state index is 0.981. The van der Waals surface area contributed by atoms with E-state index in [1.807, 2.05) is 6.20 Å². The van der Waals surface area contributed by atoms with E-state index >= 15 is 0 Å². The molecule has 2 aromatic heterocycles. The number of piperazine rings is 1. The van der Waals surface area contributed by atoms with Crippen LogP contribution in [-0.4, -0.2) is 46.0 Å². The molecule has 1 aliphatic heterocycles. The van der Waals surface area contributed by atoms with Gasteiger partial charge in [-0.1, -0.05) is 18.2 Å². The van der Waals surface area contributed by atoms with Gasteiger partial charge >= 0.3 is 0 Å². The molecule has 0 saturated carbocycles. The van der Waals surface area contributed by atoms with Crippen molar-refractivity contribution in [2.45, 2.75) is 13.5 Å². The first kappa shape index (κ1) is 14.2. The number of fused-ring (bicyclic) bond motifs is 1. The van der Waals surface area contributed by atoms with E-state index in [1.54, 1.807) is 12.4 Å². The molecule has 4 rings (SSSR count). The Bertz CT molecular complexity index is 788. The van der Waals surface area contributed by atoms with Gasteiger partial charge in [0, 0.05) is 62.2 Å². The van der Waals surface area contributed by atoms with Crippen LogP contribution in [0, 0.1) is 6.92 Å². The molecular weight excluding hydrogens is 286 g/mol. The average molecular weight is 307 g/mol. The number of hydrogen-bond donors (Lipinski definition) is 1. The van der Waals surface area contributed by atoms with Crippen LogP contribution in [0.15, 0.2) is 43.0 Å². The fourth-order valence-corrected chi connectivity index (χ4v) is 3.33. The van der Waals surface area contributed by atoms with Crippen molar-refractivity contribution in [2.24, 2.45) is 0 Å². The summed E-state index contributed by atoms with van der Waals surface area (Å²) in [6, 6.07) is 6.51. The topological polar surface area (TPSA) is 48.1 Å². The van der Waals surface area contributed by atoms with Crippen molar-refractivity contribution >= 4 is 16.7 Å². The molecule has 5 nitrogen and oxygen atoms in total. The Morgan fingerprint density at radius 3 is 2.78 bits per heavy atom. The summed E-state index contributed by atoms with van der Waals surface area (Å²) in [6.45, 7) is 7.25. The summed E-state index contributed by atoms with van der Waals surface area (Å²) >= 11 is 0. The van der Waals surface area contributed by atoms with Crippen LogP contribution < -0.4 is 4.90 Å². The highest BCUT2D eigenvalue weighted by atomic mass is 15.3. The molecule has 0 aliphatic carbocycles. The SMILES string of the molecule is Cc1cccc2c(CN3CCN(c4cnccn4)CC3)c[nH]c12. The number of aromatic amines is 1. The fraction of sp³-hybridized carbons (Fsp3) is 0.333. The molecule has 1 aromatic carbocycles. The second-order valence-corrected chi connectivity index (χ2v) is 6.14. The van der Waals surface area contributed by atoms with Gasteiger partial charge in [0.1, 0.15) is 5.82 Å². The summed E-state index contributed by atoms with van der Waals surface area (Å²) in [5.41, 5.74) is 3.96. The zero-order valence-corrected chi connectivity index (χ0v) is 13.4. The van der Waals surface area contributed by atoms with Crippen molar-refractivity contribution in [1.82, 2.24) is 19.9 Å². The van der Waals surface area contributed by atoms with E-state index < -0.39 is 0 Å². The van der Waals surface area contributed by atoms with Crippen molar-refractivity contribution in [3.05, 3.63) is 54.1 Å². The highest BCUT2D eigenvalue weighted by molar-refractivity contribution is 5.85. The van der Waals surface area contributed by atoms with Gasteiger partial charge in [-0.2, -0.15) is 0 Å². The van der Waals surface area contributed by atoms with Crippen LogP contribution in [0.25, 0.3) is 10.9 Å². The Morgan fingerprint density at radius 1 is 1.13 bits per heavy atom. The Morgan fingerprint density at radius 2 is 2.00 bits per heavy atom. The van der Waals surface area contributed by atoms with Crippen LogP contribution in [0.1, 0.15) is 11.1 Å². The number of para-hydroxylation sites is 1. The van der Waals surface area contributed by atoms with Gasteiger partial charge in [0.25, 0.3) is 0 Å². The minimum atomic E-state index is 0.981. The van der Waals surface area contributed by atoms with Gasteiger partial charge in [0.15, 0.2) is 0 Å². The standard InChI is InChI=1S/C18H21N5/c1-14-3-2-4-16-15(11-21-18(14)16)13-22-7-9-23(10-8-22)17-12-19-5-6-20-17/h2-6,11-12,21H,7-10,13H2,1H3. The first-order valence-electron chi connectivity index (χ1n) is 8.10. The lowest BCUT2D eigenvalue weighted by atomic mass is 10.1. The fourth-order valence-electron chi connectivity index (χ4n) is 3.33. The third-order valence-corrected chi connectivity index (χ3v) is 4.65. The molecule has 23 heavy (non-hydrogen) atoms. The van der Waals surface area contributed by atoms with Crippen molar-refractivity contribution < 1.29 is 0 Å². The van der Waals surface area contributed by atoms with E-state index in [1.165, 1.54) is 22.0 Å². The van der Waals surface area contributed by atoms with E-state index in [0.717, 1.165) is 38.5 Å². The number of hydrogen-bond acceptors (Lipinski definition) is 4. The van der Waals surface area contributed by atoms with Crippen molar-refractivity contribution in [2.75, 3.05) is 31.1 Å². The lowest BCUT2D eigenvalue weighted by Gasteiger charge is -2.35. The van der Waals surface area contributed by atoms with Gasteiger partial charge in [-0.15, -0.1) is 0 Å². The van der Waals surface area contributed by atoms with Gasteiger partial charge < -0.3 is 9.88 Å². The maximum Gasteiger partial charge on any atom is 0.147 e. The van der Waals surface area contributed by atoms with Gasteiger partial charge in [0.05, 0.1) is 6.20 Å². The zero-order chi connectivity index (χ0) is 15.6. The quantitative estimate of drug-likeness (QED) is 0.808. The molecule has 5 heteroatoms. The van der Waals surface area contributed by atoms with Crippen molar-refractivity contribution in [3.63, 3.8) is 0 Å². The van der Waals surface area contributed by atoms with Gasteiger partial charge in [-0.3, -0.25) is 9.88 Å². The molecule has 0 amide bonds. The molecule has 0 radical (unpaired) electrons. The summed E-state index contributed by atoms with van der Waals surface area (Å²) in [7, 11) is 0. The molecule has 0 spiro atoms. The maximum absolute atomic E-state index is 4.39. The minimum Gasteiger partial charge on any atom is -0.361 e. The number of anilines is 1. The Labute approximate surface area is 136 Å². The third-order valence-electron chi connectivity index (χ3n) is 4.65. The summed E-state index contributed by atoms with van der Waals surface area (Å²) in [5, 5.41) is 1.35. The van der Waals surface area contributed by atoms with Gasteiger partial charge in [-0.05, 0) is 18.1 Å². The Kier molecular flexibility index (Phi) is 3.71. The molecule has 118 valence electrons. The van der Waals surface area contributed by atoms with E-state index in [2.05, 4.69) is 56.1 Å². The zero-order valence-electron chi connectivity index (χ0n) is 13.4. The van der Waals surface area contributed by atoms with Crippen LogP contribution in [0.2, 0.25) is 0 Å².